The first-order valence-electron chi connectivity index (χ1n) is 9.09. The molecule has 1 amide bonds. The standard InChI is InChI=1S/C22H21N3O/c23-15-18-5-2-1-4-16(18)8-10-22(26)24-19-9-7-17-11-13-25-12-3-6-21(25)20(17)14-19/h1-2,4-5,7-10,14,21H,3,6,11-13H2,(H,24,26). The molecule has 1 N–H and O–H groups in total. The number of fused-ring (bicyclic) bond motifs is 3. The van der Waals surface area contributed by atoms with E-state index < -0.39 is 0 Å². The molecule has 2 aromatic carbocycles. The highest BCUT2D eigenvalue weighted by Gasteiger charge is 2.31. The van der Waals surface area contributed by atoms with Crippen LogP contribution in [0.5, 0.6) is 0 Å². The van der Waals surface area contributed by atoms with Crippen molar-refractivity contribution in [1.29, 1.82) is 5.26 Å². The van der Waals surface area contributed by atoms with Crippen LogP contribution in [-0.4, -0.2) is 23.9 Å². The summed E-state index contributed by atoms with van der Waals surface area (Å²) < 4.78 is 0. The second-order valence-corrected chi connectivity index (χ2v) is 6.88. The van der Waals surface area contributed by atoms with E-state index in [4.69, 9.17) is 5.26 Å². The second-order valence-electron chi connectivity index (χ2n) is 6.88. The molecule has 1 unspecified atom stereocenters. The Bertz CT molecular complexity index is 910. The summed E-state index contributed by atoms with van der Waals surface area (Å²) in [6.07, 6.45) is 6.71. The lowest BCUT2D eigenvalue weighted by atomic mass is 9.92. The molecule has 0 aromatic heterocycles. The number of benzene rings is 2. The van der Waals surface area contributed by atoms with Crippen LogP contribution in [0.25, 0.3) is 6.08 Å². The Labute approximate surface area is 153 Å². The van der Waals surface area contributed by atoms with Gasteiger partial charge < -0.3 is 5.32 Å². The zero-order valence-corrected chi connectivity index (χ0v) is 14.6. The van der Waals surface area contributed by atoms with Crippen LogP contribution in [0.2, 0.25) is 0 Å². The van der Waals surface area contributed by atoms with E-state index in [2.05, 4.69) is 28.4 Å². The van der Waals surface area contributed by atoms with Gasteiger partial charge >= 0.3 is 0 Å². The van der Waals surface area contributed by atoms with E-state index in [0.29, 0.717) is 11.6 Å². The third kappa shape index (κ3) is 3.26. The van der Waals surface area contributed by atoms with Gasteiger partial charge in [0.25, 0.3) is 0 Å². The van der Waals surface area contributed by atoms with Crippen LogP contribution in [0.15, 0.2) is 48.5 Å². The molecular formula is C22H21N3O. The highest BCUT2D eigenvalue weighted by Crippen LogP contribution is 2.38. The average molecular weight is 343 g/mol. The average Bonchev–Trinajstić information content (AvgIpc) is 3.16. The van der Waals surface area contributed by atoms with Crippen molar-refractivity contribution in [2.75, 3.05) is 18.4 Å². The number of hydrogen-bond acceptors (Lipinski definition) is 3. The summed E-state index contributed by atoms with van der Waals surface area (Å²) in [6.45, 7) is 2.33. The molecule has 0 spiro atoms. The van der Waals surface area contributed by atoms with E-state index >= 15 is 0 Å². The van der Waals surface area contributed by atoms with Gasteiger partial charge in [0.05, 0.1) is 11.6 Å². The molecule has 130 valence electrons. The Hall–Kier alpha value is -2.90. The van der Waals surface area contributed by atoms with Gasteiger partial charge in [-0.15, -0.1) is 0 Å². The third-order valence-corrected chi connectivity index (χ3v) is 5.30. The minimum Gasteiger partial charge on any atom is -0.323 e. The van der Waals surface area contributed by atoms with Gasteiger partial charge in [-0.2, -0.15) is 5.26 Å². The number of nitrogens with zero attached hydrogens (tertiary/aromatic N) is 2. The van der Waals surface area contributed by atoms with Crippen LogP contribution in [0.4, 0.5) is 5.69 Å². The van der Waals surface area contributed by atoms with Crippen LogP contribution in [0.1, 0.15) is 41.1 Å². The zero-order valence-electron chi connectivity index (χ0n) is 14.6. The first-order valence-corrected chi connectivity index (χ1v) is 9.09. The maximum Gasteiger partial charge on any atom is 0.248 e. The molecule has 1 fully saturated rings. The molecule has 2 aromatic rings. The lowest BCUT2D eigenvalue weighted by molar-refractivity contribution is -0.111. The van der Waals surface area contributed by atoms with Crippen LogP contribution in [-0.2, 0) is 11.2 Å². The van der Waals surface area contributed by atoms with E-state index in [1.807, 2.05) is 24.3 Å². The maximum atomic E-state index is 12.3. The molecule has 1 atom stereocenters. The van der Waals surface area contributed by atoms with Gasteiger partial charge in [-0.1, -0.05) is 24.3 Å². The number of nitrogens with one attached hydrogen (secondary N) is 1. The topological polar surface area (TPSA) is 56.1 Å². The first kappa shape index (κ1) is 16.6. The molecule has 26 heavy (non-hydrogen) atoms. The maximum absolute atomic E-state index is 12.3. The molecule has 0 bridgehead atoms. The second kappa shape index (κ2) is 7.15. The number of rotatable bonds is 3. The van der Waals surface area contributed by atoms with Crippen molar-refractivity contribution in [1.82, 2.24) is 4.90 Å². The van der Waals surface area contributed by atoms with Gasteiger partial charge in [0, 0.05) is 24.4 Å². The summed E-state index contributed by atoms with van der Waals surface area (Å²) in [5.41, 5.74) is 4.92. The molecule has 1 saturated heterocycles. The molecule has 4 nitrogen and oxygen atoms in total. The number of nitriles is 1. The highest BCUT2D eigenvalue weighted by molar-refractivity contribution is 6.02. The molecule has 0 saturated carbocycles. The molecule has 4 rings (SSSR count). The van der Waals surface area contributed by atoms with Crippen molar-refractivity contribution in [2.45, 2.75) is 25.3 Å². The van der Waals surface area contributed by atoms with Crippen molar-refractivity contribution in [3.8, 4) is 6.07 Å². The van der Waals surface area contributed by atoms with Crippen molar-refractivity contribution < 1.29 is 4.79 Å². The summed E-state index contributed by atoms with van der Waals surface area (Å²) in [5.74, 6) is -0.184. The predicted molar refractivity (Wildman–Crippen MR) is 103 cm³/mol. The Morgan fingerprint density at radius 1 is 1.23 bits per heavy atom. The fraction of sp³-hybridized carbons (Fsp3) is 0.273. The van der Waals surface area contributed by atoms with Gasteiger partial charge in [-0.05, 0) is 66.8 Å². The minimum absolute atomic E-state index is 0.184. The Morgan fingerprint density at radius 2 is 2.12 bits per heavy atom. The van der Waals surface area contributed by atoms with E-state index in [1.54, 1.807) is 12.1 Å². The number of amides is 1. The summed E-state index contributed by atoms with van der Waals surface area (Å²) >= 11 is 0. The Balaban J connectivity index is 1.49. The molecule has 2 heterocycles. The van der Waals surface area contributed by atoms with Crippen molar-refractivity contribution in [2.24, 2.45) is 0 Å². The predicted octanol–water partition coefficient (Wildman–Crippen LogP) is 3.90. The van der Waals surface area contributed by atoms with Gasteiger partial charge in [-0.25, -0.2) is 0 Å². The Morgan fingerprint density at radius 3 is 3.00 bits per heavy atom. The van der Waals surface area contributed by atoms with Gasteiger partial charge in [0.1, 0.15) is 0 Å². The molecule has 2 aliphatic rings. The lowest BCUT2D eigenvalue weighted by Crippen LogP contribution is -2.30. The van der Waals surface area contributed by atoms with E-state index in [-0.39, 0.29) is 5.91 Å². The normalized spacial score (nSPS) is 19.0. The van der Waals surface area contributed by atoms with Gasteiger partial charge in [0.15, 0.2) is 0 Å². The number of carbonyl (C=O) groups excluding carboxylic acids is 1. The fourth-order valence-electron chi connectivity index (χ4n) is 4.01. The Kier molecular flexibility index (Phi) is 4.55. The molecule has 2 aliphatic heterocycles. The van der Waals surface area contributed by atoms with Crippen molar-refractivity contribution in [3.63, 3.8) is 0 Å². The van der Waals surface area contributed by atoms with Crippen LogP contribution < -0.4 is 5.32 Å². The number of anilines is 1. The van der Waals surface area contributed by atoms with Crippen molar-refractivity contribution in [3.05, 3.63) is 70.8 Å². The fourth-order valence-corrected chi connectivity index (χ4v) is 4.01. The van der Waals surface area contributed by atoms with Crippen LogP contribution >= 0.6 is 0 Å². The highest BCUT2D eigenvalue weighted by atomic mass is 16.1. The quantitative estimate of drug-likeness (QED) is 0.860. The van der Waals surface area contributed by atoms with Crippen LogP contribution in [0.3, 0.4) is 0 Å². The minimum atomic E-state index is -0.184. The monoisotopic (exact) mass is 343 g/mol. The van der Waals surface area contributed by atoms with E-state index in [0.717, 1.165) is 24.2 Å². The van der Waals surface area contributed by atoms with Crippen LogP contribution in [0, 0.1) is 11.3 Å². The summed E-state index contributed by atoms with van der Waals surface area (Å²) in [4.78, 5) is 14.8. The van der Waals surface area contributed by atoms with Gasteiger partial charge in [-0.3, -0.25) is 9.69 Å². The number of hydrogen-bond donors (Lipinski definition) is 1. The first-order chi connectivity index (χ1) is 12.7. The van der Waals surface area contributed by atoms with E-state index in [1.165, 1.54) is 36.6 Å². The summed E-state index contributed by atoms with van der Waals surface area (Å²) in [7, 11) is 0. The number of carbonyl (C=O) groups is 1. The van der Waals surface area contributed by atoms with Gasteiger partial charge in [0.2, 0.25) is 5.91 Å². The summed E-state index contributed by atoms with van der Waals surface area (Å²) in [6, 6.07) is 16.2. The van der Waals surface area contributed by atoms with E-state index in [9.17, 15) is 4.79 Å². The zero-order chi connectivity index (χ0) is 17.9. The third-order valence-electron chi connectivity index (χ3n) is 5.30. The molecule has 4 heteroatoms. The summed E-state index contributed by atoms with van der Waals surface area (Å²) in [5, 5.41) is 12.1. The largest absolute Gasteiger partial charge is 0.323 e. The molecule has 0 aliphatic carbocycles. The molecule has 0 radical (unpaired) electrons. The molecular weight excluding hydrogens is 322 g/mol. The lowest BCUT2D eigenvalue weighted by Gasteiger charge is -2.32. The SMILES string of the molecule is N#Cc1ccccc1C=CC(=O)Nc1ccc2c(c1)C1CCCN1CC2. The van der Waals surface area contributed by atoms with Crippen molar-refractivity contribution >= 4 is 17.7 Å². The smallest absolute Gasteiger partial charge is 0.248 e.